The normalized spacial score (nSPS) is 10.2. The molecule has 0 aliphatic heterocycles. The van der Waals surface area contributed by atoms with E-state index in [2.05, 4.69) is 4.98 Å². The maximum atomic E-state index is 13.5. The zero-order chi connectivity index (χ0) is 12.4. The van der Waals surface area contributed by atoms with Crippen LogP contribution in [-0.2, 0) is 0 Å². The highest BCUT2D eigenvalue weighted by molar-refractivity contribution is 7.12. The third-order valence-electron chi connectivity index (χ3n) is 2.16. The third kappa shape index (κ3) is 2.26. The number of aromatic nitrogens is 1. The first kappa shape index (κ1) is 11.5. The summed E-state index contributed by atoms with van der Waals surface area (Å²) in [6.45, 7) is 0. The minimum atomic E-state index is -0.588. The molecule has 2 aromatic rings. The van der Waals surface area contributed by atoms with Crippen LogP contribution >= 0.6 is 11.3 Å². The molecule has 1 aromatic carbocycles. The summed E-state index contributed by atoms with van der Waals surface area (Å²) < 4.78 is 18.3. The Morgan fingerprint density at radius 3 is 2.82 bits per heavy atom. The topological polar surface area (TPSA) is 65.2 Å². The van der Waals surface area contributed by atoms with Gasteiger partial charge in [-0.05, 0) is 18.2 Å². The van der Waals surface area contributed by atoms with Crippen molar-refractivity contribution in [3.63, 3.8) is 0 Å². The first-order valence-corrected chi connectivity index (χ1v) is 5.59. The number of nitrogens with zero attached hydrogens (tertiary/aromatic N) is 1. The van der Waals surface area contributed by atoms with Crippen molar-refractivity contribution in [3.05, 3.63) is 34.4 Å². The predicted octanol–water partition coefficient (Wildman–Crippen LogP) is 2.06. The lowest BCUT2D eigenvalue weighted by Crippen LogP contribution is -2.10. The zero-order valence-electron chi connectivity index (χ0n) is 8.94. The van der Waals surface area contributed by atoms with Crippen molar-refractivity contribution in [1.82, 2.24) is 4.98 Å². The molecule has 1 amide bonds. The summed E-state index contributed by atoms with van der Waals surface area (Å²) >= 11 is 1.13. The molecule has 1 heterocycles. The summed E-state index contributed by atoms with van der Waals surface area (Å²) in [4.78, 5) is 14.9. The molecule has 4 nitrogen and oxygen atoms in total. The monoisotopic (exact) mass is 252 g/mol. The van der Waals surface area contributed by atoms with Gasteiger partial charge in [-0.1, -0.05) is 0 Å². The summed E-state index contributed by atoms with van der Waals surface area (Å²) in [6.07, 6.45) is 0. The number of carbonyl (C=O) groups is 1. The second-order valence-corrected chi connectivity index (χ2v) is 4.11. The minimum Gasteiger partial charge on any atom is -0.494 e. The van der Waals surface area contributed by atoms with Gasteiger partial charge in [0.1, 0.15) is 0 Å². The van der Waals surface area contributed by atoms with Crippen LogP contribution in [-0.4, -0.2) is 18.0 Å². The van der Waals surface area contributed by atoms with Crippen LogP contribution in [0.3, 0.4) is 0 Å². The van der Waals surface area contributed by atoms with E-state index in [0.717, 1.165) is 11.3 Å². The Balaban J connectivity index is 2.39. The van der Waals surface area contributed by atoms with Gasteiger partial charge in [-0.2, -0.15) is 0 Å². The number of methoxy groups -OCH3 is 1. The highest BCUT2D eigenvalue weighted by Gasteiger charge is 2.10. The van der Waals surface area contributed by atoms with Gasteiger partial charge in [0, 0.05) is 10.9 Å². The number of hydrogen-bond acceptors (Lipinski definition) is 4. The molecule has 1 aromatic heterocycles. The van der Waals surface area contributed by atoms with Crippen molar-refractivity contribution in [2.45, 2.75) is 0 Å². The molecule has 2 N–H and O–H groups in total. The van der Waals surface area contributed by atoms with Gasteiger partial charge >= 0.3 is 0 Å². The van der Waals surface area contributed by atoms with Gasteiger partial charge in [0.25, 0.3) is 5.91 Å². The van der Waals surface area contributed by atoms with E-state index in [1.165, 1.54) is 19.2 Å². The molecule has 0 aliphatic carbocycles. The largest absolute Gasteiger partial charge is 0.494 e. The highest BCUT2D eigenvalue weighted by atomic mass is 32.1. The molecule has 0 unspecified atom stereocenters. The third-order valence-corrected chi connectivity index (χ3v) is 3.02. The summed E-state index contributed by atoms with van der Waals surface area (Å²) in [5, 5.41) is 1.86. The Labute approximate surface area is 101 Å². The van der Waals surface area contributed by atoms with Crippen molar-refractivity contribution in [2.24, 2.45) is 5.73 Å². The van der Waals surface area contributed by atoms with Crippen molar-refractivity contribution in [1.29, 1.82) is 0 Å². The number of rotatable bonds is 3. The van der Waals surface area contributed by atoms with E-state index in [1.807, 2.05) is 0 Å². The van der Waals surface area contributed by atoms with Crippen LogP contribution in [0.4, 0.5) is 4.39 Å². The molecule has 0 bridgehead atoms. The number of thiazole rings is 1. The number of primary amides is 1. The van der Waals surface area contributed by atoms with Gasteiger partial charge in [0.2, 0.25) is 0 Å². The lowest BCUT2D eigenvalue weighted by molar-refractivity contribution is 0.1000. The number of amides is 1. The molecular formula is C11H9FN2O2S. The predicted molar refractivity (Wildman–Crippen MR) is 62.6 cm³/mol. The quantitative estimate of drug-likeness (QED) is 0.909. The van der Waals surface area contributed by atoms with Crippen LogP contribution in [0.5, 0.6) is 5.75 Å². The van der Waals surface area contributed by atoms with Gasteiger partial charge in [-0.3, -0.25) is 4.79 Å². The Bertz CT molecular complexity index is 568. The SMILES string of the molecule is COc1ccc(-c2csc(C(N)=O)n2)cc1F. The van der Waals surface area contributed by atoms with E-state index in [1.54, 1.807) is 11.4 Å². The van der Waals surface area contributed by atoms with E-state index in [-0.39, 0.29) is 10.8 Å². The van der Waals surface area contributed by atoms with Crippen LogP contribution in [0.2, 0.25) is 0 Å². The molecule has 0 saturated carbocycles. The molecule has 2 rings (SSSR count). The van der Waals surface area contributed by atoms with Crippen molar-refractivity contribution >= 4 is 17.2 Å². The van der Waals surface area contributed by atoms with E-state index in [0.29, 0.717) is 11.3 Å². The number of benzene rings is 1. The lowest BCUT2D eigenvalue weighted by atomic mass is 10.1. The van der Waals surface area contributed by atoms with Crippen LogP contribution in [0, 0.1) is 5.82 Å². The molecule has 6 heteroatoms. The lowest BCUT2D eigenvalue weighted by Gasteiger charge is -2.02. The average Bonchev–Trinajstić information content (AvgIpc) is 2.78. The fourth-order valence-electron chi connectivity index (χ4n) is 1.35. The number of ether oxygens (including phenoxy) is 1. The molecule has 0 aliphatic rings. The van der Waals surface area contributed by atoms with E-state index in [4.69, 9.17) is 10.5 Å². The molecular weight excluding hydrogens is 243 g/mol. The van der Waals surface area contributed by atoms with Crippen LogP contribution in [0.25, 0.3) is 11.3 Å². The number of halogens is 1. The number of hydrogen-bond donors (Lipinski definition) is 1. The Hall–Kier alpha value is -1.95. The number of nitrogens with two attached hydrogens (primary N) is 1. The zero-order valence-corrected chi connectivity index (χ0v) is 9.75. The smallest absolute Gasteiger partial charge is 0.277 e. The Morgan fingerprint density at radius 1 is 1.53 bits per heavy atom. The van der Waals surface area contributed by atoms with E-state index < -0.39 is 11.7 Å². The summed E-state index contributed by atoms with van der Waals surface area (Å²) in [5.41, 5.74) is 6.19. The fraction of sp³-hybridized carbons (Fsp3) is 0.0909. The van der Waals surface area contributed by atoms with Crippen LogP contribution in [0.15, 0.2) is 23.6 Å². The molecule has 0 spiro atoms. The maximum Gasteiger partial charge on any atom is 0.277 e. The summed E-state index contributed by atoms with van der Waals surface area (Å²) in [6, 6.07) is 4.48. The standard InChI is InChI=1S/C11H9FN2O2S/c1-16-9-3-2-6(4-7(9)12)8-5-17-11(14-8)10(13)15/h2-5H,1H3,(H2,13,15). The fourth-order valence-corrected chi connectivity index (χ4v) is 2.02. The van der Waals surface area contributed by atoms with Gasteiger partial charge in [-0.25, -0.2) is 9.37 Å². The Morgan fingerprint density at radius 2 is 2.29 bits per heavy atom. The van der Waals surface area contributed by atoms with E-state index in [9.17, 15) is 9.18 Å². The summed E-state index contributed by atoms with van der Waals surface area (Å²) in [7, 11) is 1.39. The first-order chi connectivity index (χ1) is 8.11. The van der Waals surface area contributed by atoms with Gasteiger partial charge in [0.15, 0.2) is 16.6 Å². The first-order valence-electron chi connectivity index (χ1n) is 4.71. The van der Waals surface area contributed by atoms with Crippen molar-refractivity contribution in [2.75, 3.05) is 7.11 Å². The maximum absolute atomic E-state index is 13.5. The molecule has 0 radical (unpaired) electrons. The van der Waals surface area contributed by atoms with Crippen molar-refractivity contribution < 1.29 is 13.9 Å². The van der Waals surface area contributed by atoms with Gasteiger partial charge in [-0.15, -0.1) is 11.3 Å². The molecule has 88 valence electrons. The van der Waals surface area contributed by atoms with Gasteiger partial charge in [0.05, 0.1) is 12.8 Å². The Kier molecular flexibility index (Phi) is 3.06. The highest BCUT2D eigenvalue weighted by Crippen LogP contribution is 2.26. The van der Waals surface area contributed by atoms with E-state index >= 15 is 0 Å². The molecule has 0 fully saturated rings. The minimum absolute atomic E-state index is 0.166. The second-order valence-electron chi connectivity index (χ2n) is 3.25. The van der Waals surface area contributed by atoms with Crippen LogP contribution < -0.4 is 10.5 Å². The molecule has 0 atom stereocenters. The summed E-state index contributed by atoms with van der Waals surface area (Å²) in [5.74, 6) is -0.895. The van der Waals surface area contributed by atoms with Gasteiger partial charge < -0.3 is 10.5 Å². The molecule has 0 saturated heterocycles. The van der Waals surface area contributed by atoms with Crippen LogP contribution in [0.1, 0.15) is 9.80 Å². The number of carbonyl (C=O) groups excluding carboxylic acids is 1. The second kappa shape index (κ2) is 4.50. The molecule has 17 heavy (non-hydrogen) atoms. The van der Waals surface area contributed by atoms with Crippen molar-refractivity contribution in [3.8, 4) is 17.0 Å². The average molecular weight is 252 g/mol.